The third-order valence-electron chi connectivity index (χ3n) is 4.88. The van der Waals surface area contributed by atoms with Gasteiger partial charge in [0, 0.05) is 29.7 Å². The summed E-state index contributed by atoms with van der Waals surface area (Å²) >= 11 is 5.09. The Hall–Kier alpha value is -3.39. The Bertz CT molecular complexity index is 1100. The number of carbonyl (C=O) groups is 2. The number of amides is 2. The van der Waals surface area contributed by atoms with E-state index in [0.29, 0.717) is 11.5 Å². The van der Waals surface area contributed by atoms with Crippen molar-refractivity contribution < 1.29 is 19.1 Å². The predicted molar refractivity (Wildman–Crippen MR) is 112 cm³/mol. The number of nitrogens with zero attached hydrogens (tertiary/aromatic N) is 2. The number of thiocarbonyl (C=S) groups is 1. The zero-order valence-corrected chi connectivity index (χ0v) is 16.8. The molecule has 148 valence electrons. The van der Waals surface area contributed by atoms with E-state index in [9.17, 15) is 9.59 Å². The molecule has 2 aliphatic rings. The number of carbonyl (C=O) groups excluding carboxylic acids is 2. The van der Waals surface area contributed by atoms with E-state index in [4.69, 9.17) is 21.7 Å². The number of aromatic nitrogens is 1. The Kier molecular flexibility index (Phi) is 4.71. The molecule has 0 radical (unpaired) electrons. The average molecular weight is 409 g/mol. The van der Waals surface area contributed by atoms with Crippen molar-refractivity contribution in [2.45, 2.75) is 13.8 Å². The summed E-state index contributed by atoms with van der Waals surface area (Å²) in [4.78, 5) is 26.5. The second-order valence-electron chi connectivity index (χ2n) is 6.72. The summed E-state index contributed by atoms with van der Waals surface area (Å²) in [6, 6.07) is 7.63. The fraction of sp³-hybridized carbons (Fsp3) is 0.190. The Balaban J connectivity index is 1.74. The molecule has 1 aromatic carbocycles. The van der Waals surface area contributed by atoms with Crippen LogP contribution in [0.3, 0.4) is 0 Å². The van der Waals surface area contributed by atoms with Crippen molar-refractivity contribution in [2.24, 2.45) is 0 Å². The second kappa shape index (κ2) is 7.21. The van der Waals surface area contributed by atoms with Crippen molar-refractivity contribution in [3.63, 3.8) is 0 Å². The van der Waals surface area contributed by atoms with Crippen LogP contribution in [0.5, 0.6) is 11.5 Å². The lowest BCUT2D eigenvalue weighted by Gasteiger charge is -2.27. The summed E-state index contributed by atoms with van der Waals surface area (Å²) in [5.74, 6) is 0.450. The molecular weight excluding hydrogens is 390 g/mol. The minimum Gasteiger partial charge on any atom is -0.454 e. The van der Waals surface area contributed by atoms with Crippen molar-refractivity contribution in [1.82, 2.24) is 14.8 Å². The van der Waals surface area contributed by atoms with Crippen LogP contribution < -0.4 is 14.8 Å². The minimum atomic E-state index is -0.506. The molecular formula is C21H19N3O4S. The van der Waals surface area contributed by atoms with E-state index < -0.39 is 11.8 Å². The second-order valence-corrected chi connectivity index (χ2v) is 7.11. The van der Waals surface area contributed by atoms with Crippen molar-refractivity contribution in [2.75, 3.05) is 13.3 Å². The van der Waals surface area contributed by atoms with Gasteiger partial charge < -0.3 is 14.0 Å². The van der Waals surface area contributed by atoms with E-state index in [-0.39, 0.29) is 24.0 Å². The average Bonchev–Trinajstić information content (AvgIpc) is 3.25. The Labute approximate surface area is 173 Å². The maximum Gasteiger partial charge on any atom is 0.265 e. The van der Waals surface area contributed by atoms with Crippen molar-refractivity contribution in [3.8, 4) is 17.2 Å². The van der Waals surface area contributed by atoms with Crippen molar-refractivity contribution in [3.05, 3.63) is 59.4 Å². The van der Waals surface area contributed by atoms with Crippen LogP contribution in [-0.2, 0) is 9.59 Å². The van der Waals surface area contributed by atoms with Crippen molar-refractivity contribution in [1.29, 1.82) is 0 Å². The van der Waals surface area contributed by atoms with Crippen LogP contribution in [-0.4, -0.2) is 39.7 Å². The fourth-order valence-corrected chi connectivity index (χ4v) is 3.75. The summed E-state index contributed by atoms with van der Waals surface area (Å²) in [5.41, 5.74) is 3.55. The topological polar surface area (TPSA) is 72.8 Å². The van der Waals surface area contributed by atoms with E-state index >= 15 is 0 Å². The Morgan fingerprint density at radius 1 is 1.21 bits per heavy atom. The zero-order chi connectivity index (χ0) is 20.7. The zero-order valence-electron chi connectivity index (χ0n) is 16.0. The highest BCUT2D eigenvalue weighted by molar-refractivity contribution is 7.80. The summed E-state index contributed by atoms with van der Waals surface area (Å²) in [6.07, 6.45) is 3.16. The van der Waals surface area contributed by atoms with Gasteiger partial charge in [-0.1, -0.05) is 6.08 Å². The standard InChI is InChI=1S/C21H19N3O4S/c1-4-7-23-20(26)16(19(25)22-21(23)29)9-14-8-12(2)24(13(14)3)15-5-6-17-18(10-15)28-11-27-17/h4-6,8-10H,1,7,11H2,2-3H3,(H,22,25,29)/b16-9-. The summed E-state index contributed by atoms with van der Waals surface area (Å²) in [7, 11) is 0. The molecule has 8 heteroatoms. The number of ether oxygens (including phenoxy) is 2. The summed E-state index contributed by atoms with van der Waals surface area (Å²) < 4.78 is 12.9. The molecule has 2 aromatic rings. The fourth-order valence-electron chi connectivity index (χ4n) is 3.50. The smallest absolute Gasteiger partial charge is 0.265 e. The normalized spacial score (nSPS) is 17.1. The molecule has 1 aromatic heterocycles. The van der Waals surface area contributed by atoms with Gasteiger partial charge >= 0.3 is 0 Å². The molecule has 0 saturated carbocycles. The van der Waals surface area contributed by atoms with Crippen LogP contribution >= 0.6 is 12.2 Å². The predicted octanol–water partition coefficient (Wildman–Crippen LogP) is 2.64. The number of aryl methyl sites for hydroxylation is 1. The first-order valence-electron chi connectivity index (χ1n) is 8.99. The molecule has 2 aliphatic heterocycles. The molecule has 1 saturated heterocycles. The van der Waals surface area contributed by atoms with Crippen LogP contribution in [0.25, 0.3) is 11.8 Å². The number of nitrogens with one attached hydrogen (secondary N) is 1. The molecule has 2 amide bonds. The lowest BCUT2D eigenvalue weighted by atomic mass is 10.1. The van der Waals surface area contributed by atoms with Gasteiger partial charge in [0.15, 0.2) is 16.6 Å². The van der Waals surface area contributed by atoms with Gasteiger partial charge in [0.25, 0.3) is 11.8 Å². The summed E-state index contributed by atoms with van der Waals surface area (Å²) in [6.45, 7) is 7.96. The molecule has 0 bridgehead atoms. The van der Waals surface area contributed by atoms with Gasteiger partial charge in [0.05, 0.1) is 0 Å². The lowest BCUT2D eigenvalue weighted by Crippen LogP contribution is -2.53. The first-order valence-corrected chi connectivity index (χ1v) is 9.40. The number of benzene rings is 1. The Morgan fingerprint density at radius 2 is 1.97 bits per heavy atom. The van der Waals surface area contributed by atoms with E-state index in [1.807, 2.05) is 42.7 Å². The maximum absolute atomic E-state index is 12.8. The number of rotatable bonds is 4. The van der Waals surface area contributed by atoms with Crippen LogP contribution in [0, 0.1) is 13.8 Å². The van der Waals surface area contributed by atoms with Gasteiger partial charge in [-0.15, -0.1) is 6.58 Å². The van der Waals surface area contributed by atoms with E-state index in [2.05, 4.69) is 11.9 Å². The number of hydrogen-bond acceptors (Lipinski definition) is 5. The molecule has 0 atom stereocenters. The van der Waals surface area contributed by atoms with Crippen LogP contribution in [0.2, 0.25) is 0 Å². The molecule has 4 rings (SSSR count). The first-order chi connectivity index (χ1) is 13.9. The van der Waals surface area contributed by atoms with Crippen molar-refractivity contribution >= 4 is 35.2 Å². The molecule has 0 spiro atoms. The highest BCUT2D eigenvalue weighted by atomic mass is 32.1. The lowest BCUT2D eigenvalue weighted by molar-refractivity contribution is -0.128. The molecule has 1 fully saturated rings. The molecule has 0 unspecified atom stereocenters. The van der Waals surface area contributed by atoms with Gasteiger partial charge in [-0.05, 0) is 55.9 Å². The van der Waals surface area contributed by atoms with Gasteiger partial charge in [-0.3, -0.25) is 19.8 Å². The quantitative estimate of drug-likeness (QED) is 0.364. The summed E-state index contributed by atoms with van der Waals surface area (Å²) in [5, 5.41) is 2.65. The number of fused-ring (bicyclic) bond motifs is 1. The molecule has 0 aliphatic carbocycles. The molecule has 7 nitrogen and oxygen atoms in total. The third kappa shape index (κ3) is 3.21. The first kappa shape index (κ1) is 18.9. The van der Waals surface area contributed by atoms with E-state index in [0.717, 1.165) is 22.6 Å². The monoisotopic (exact) mass is 409 g/mol. The molecule has 1 N–H and O–H groups in total. The highest BCUT2D eigenvalue weighted by Gasteiger charge is 2.33. The third-order valence-corrected chi connectivity index (χ3v) is 5.20. The van der Waals surface area contributed by atoms with Crippen LogP contribution in [0.15, 0.2) is 42.5 Å². The van der Waals surface area contributed by atoms with Crippen LogP contribution in [0.1, 0.15) is 17.0 Å². The molecule has 29 heavy (non-hydrogen) atoms. The van der Waals surface area contributed by atoms with E-state index in [1.54, 1.807) is 12.2 Å². The SMILES string of the molecule is C=CCN1C(=O)/C(=C\c2cc(C)n(-c3ccc4c(c3)OCO4)c2C)C(=O)NC1=S. The minimum absolute atomic E-state index is 0.0337. The largest absolute Gasteiger partial charge is 0.454 e. The Morgan fingerprint density at radius 3 is 2.72 bits per heavy atom. The van der Waals surface area contributed by atoms with E-state index in [1.165, 1.54) is 4.90 Å². The number of hydrogen-bond donors (Lipinski definition) is 1. The van der Waals surface area contributed by atoms with Gasteiger partial charge in [-0.2, -0.15) is 0 Å². The maximum atomic E-state index is 12.8. The van der Waals surface area contributed by atoms with Gasteiger partial charge in [0.2, 0.25) is 6.79 Å². The van der Waals surface area contributed by atoms with Gasteiger partial charge in [-0.25, -0.2) is 0 Å². The molecule has 3 heterocycles. The van der Waals surface area contributed by atoms with Gasteiger partial charge in [0.1, 0.15) is 5.57 Å². The highest BCUT2D eigenvalue weighted by Crippen LogP contribution is 2.35. The van der Waals surface area contributed by atoms with Crippen LogP contribution in [0.4, 0.5) is 0 Å².